The third-order valence-corrected chi connectivity index (χ3v) is 3.61. The molecule has 74 valence electrons. The molecule has 1 aromatic carbocycles. The van der Waals surface area contributed by atoms with Gasteiger partial charge in [0.15, 0.2) is 0 Å². The van der Waals surface area contributed by atoms with Crippen molar-refractivity contribution in [3.63, 3.8) is 0 Å². The van der Waals surface area contributed by atoms with Crippen molar-refractivity contribution in [3.8, 4) is 0 Å². The van der Waals surface area contributed by atoms with Gasteiger partial charge in [-0.1, -0.05) is 30.0 Å². The van der Waals surface area contributed by atoms with Crippen LogP contribution >= 0.6 is 11.8 Å². The lowest BCUT2D eigenvalue weighted by molar-refractivity contribution is -0.137. The summed E-state index contributed by atoms with van der Waals surface area (Å²) in [6.45, 7) is 0.390. The second-order valence-electron chi connectivity index (χ2n) is 3.36. The Balaban J connectivity index is 2.17. The van der Waals surface area contributed by atoms with Crippen LogP contribution in [-0.2, 0) is 9.53 Å². The van der Waals surface area contributed by atoms with Crippen molar-refractivity contribution in [2.75, 3.05) is 6.61 Å². The smallest absolute Gasteiger partial charge is 0.339 e. The maximum atomic E-state index is 11.5. The predicted molar refractivity (Wildman–Crippen MR) is 59.3 cm³/mol. The molecule has 0 bridgehead atoms. The number of ether oxygens (including phenoxy) is 1. The molecular weight excluding hydrogens is 208 g/mol. The Kier molecular flexibility index (Phi) is 1.92. The number of cyclic esters (lactones) is 1. The Hall–Kier alpha value is -1.48. The maximum absolute atomic E-state index is 11.5. The number of hydrogen-bond acceptors (Lipinski definition) is 3. The standard InChI is InChI=1S/C12H8O2S/c13-12-9-7-8-3-1-2-4-10(8)15-11(9)5-6-14-12/h1-5,7H,6H2. The number of esters is 1. The molecular formula is C12H8O2S. The van der Waals surface area contributed by atoms with Crippen molar-refractivity contribution in [1.82, 2.24) is 0 Å². The first-order valence-electron chi connectivity index (χ1n) is 4.71. The number of benzene rings is 1. The number of hydrogen-bond donors (Lipinski definition) is 0. The lowest BCUT2D eigenvalue weighted by atomic mass is 10.1. The van der Waals surface area contributed by atoms with Crippen LogP contribution in [0, 0.1) is 0 Å². The van der Waals surface area contributed by atoms with E-state index in [0.717, 1.165) is 10.5 Å². The molecule has 15 heavy (non-hydrogen) atoms. The van der Waals surface area contributed by atoms with Gasteiger partial charge in [-0.2, -0.15) is 0 Å². The van der Waals surface area contributed by atoms with Crippen LogP contribution < -0.4 is 0 Å². The van der Waals surface area contributed by atoms with Gasteiger partial charge in [-0.05, 0) is 23.8 Å². The van der Waals surface area contributed by atoms with Crippen molar-refractivity contribution < 1.29 is 9.53 Å². The molecule has 0 atom stereocenters. The molecule has 3 heteroatoms. The van der Waals surface area contributed by atoms with E-state index in [1.54, 1.807) is 11.8 Å². The van der Waals surface area contributed by atoms with Gasteiger partial charge in [-0.25, -0.2) is 4.79 Å². The normalized spacial score (nSPS) is 18.3. The molecule has 3 rings (SSSR count). The molecule has 0 saturated carbocycles. The van der Waals surface area contributed by atoms with Crippen LogP contribution in [0.5, 0.6) is 0 Å². The molecule has 0 radical (unpaired) electrons. The molecule has 1 aromatic rings. The fourth-order valence-electron chi connectivity index (χ4n) is 1.67. The Morgan fingerprint density at radius 2 is 2.13 bits per heavy atom. The van der Waals surface area contributed by atoms with E-state index in [4.69, 9.17) is 4.74 Å². The zero-order valence-corrected chi connectivity index (χ0v) is 8.71. The minimum Gasteiger partial charge on any atom is -0.458 e. The van der Waals surface area contributed by atoms with Crippen LogP contribution in [0.1, 0.15) is 5.56 Å². The van der Waals surface area contributed by atoms with Crippen molar-refractivity contribution in [2.24, 2.45) is 0 Å². The van der Waals surface area contributed by atoms with E-state index < -0.39 is 0 Å². The van der Waals surface area contributed by atoms with Gasteiger partial charge in [0.25, 0.3) is 0 Å². The highest BCUT2D eigenvalue weighted by Crippen LogP contribution is 2.41. The second-order valence-corrected chi connectivity index (χ2v) is 4.45. The first-order chi connectivity index (χ1) is 7.34. The van der Waals surface area contributed by atoms with Gasteiger partial charge in [0.1, 0.15) is 6.61 Å². The number of carbonyl (C=O) groups is 1. The highest BCUT2D eigenvalue weighted by Gasteiger charge is 2.25. The number of rotatable bonds is 0. The summed E-state index contributed by atoms with van der Waals surface area (Å²) in [6, 6.07) is 8.05. The average molecular weight is 216 g/mol. The first-order valence-corrected chi connectivity index (χ1v) is 5.52. The SMILES string of the molecule is O=C1OCC=C2Sc3ccccc3C=C12. The molecule has 0 saturated heterocycles. The number of fused-ring (bicyclic) bond motifs is 2. The van der Waals surface area contributed by atoms with Gasteiger partial charge < -0.3 is 4.74 Å². The van der Waals surface area contributed by atoms with Crippen molar-refractivity contribution in [2.45, 2.75) is 4.90 Å². The molecule has 2 heterocycles. The molecule has 0 amide bonds. The minimum absolute atomic E-state index is 0.213. The fourth-order valence-corrected chi connectivity index (χ4v) is 2.71. The topological polar surface area (TPSA) is 26.3 Å². The van der Waals surface area contributed by atoms with E-state index in [1.807, 2.05) is 30.4 Å². The van der Waals surface area contributed by atoms with Crippen molar-refractivity contribution in [1.29, 1.82) is 0 Å². The minimum atomic E-state index is -0.213. The van der Waals surface area contributed by atoms with E-state index in [2.05, 4.69) is 6.07 Å². The Morgan fingerprint density at radius 1 is 1.27 bits per heavy atom. The summed E-state index contributed by atoms with van der Waals surface area (Å²) >= 11 is 1.64. The summed E-state index contributed by atoms with van der Waals surface area (Å²) < 4.78 is 4.97. The van der Waals surface area contributed by atoms with Gasteiger partial charge in [-0.15, -0.1) is 0 Å². The molecule has 0 aromatic heterocycles. The number of thioether (sulfide) groups is 1. The summed E-state index contributed by atoms with van der Waals surface area (Å²) in [6.07, 6.45) is 3.85. The Labute approximate surface area is 91.6 Å². The largest absolute Gasteiger partial charge is 0.458 e. The van der Waals surface area contributed by atoms with Crippen LogP contribution in [0.15, 0.2) is 45.7 Å². The molecule has 2 aliphatic heterocycles. The predicted octanol–water partition coefficient (Wildman–Crippen LogP) is 2.62. The lowest BCUT2D eigenvalue weighted by Crippen LogP contribution is -2.15. The van der Waals surface area contributed by atoms with Crippen LogP contribution in [0.4, 0.5) is 0 Å². The lowest BCUT2D eigenvalue weighted by Gasteiger charge is -2.21. The van der Waals surface area contributed by atoms with Crippen LogP contribution in [0.25, 0.3) is 6.08 Å². The average Bonchev–Trinajstić information content (AvgIpc) is 2.27. The third-order valence-electron chi connectivity index (χ3n) is 2.41. The Bertz CT molecular complexity index is 500. The summed E-state index contributed by atoms with van der Waals surface area (Å²) in [5.74, 6) is -0.213. The molecule has 0 spiro atoms. The monoisotopic (exact) mass is 216 g/mol. The molecule has 0 N–H and O–H groups in total. The third kappa shape index (κ3) is 1.39. The maximum Gasteiger partial charge on any atom is 0.339 e. The van der Waals surface area contributed by atoms with Gasteiger partial charge in [0.05, 0.1) is 5.57 Å². The highest BCUT2D eigenvalue weighted by atomic mass is 32.2. The van der Waals surface area contributed by atoms with Crippen LogP contribution in [-0.4, -0.2) is 12.6 Å². The van der Waals surface area contributed by atoms with Gasteiger partial charge in [0.2, 0.25) is 0 Å². The Morgan fingerprint density at radius 3 is 3.07 bits per heavy atom. The zero-order valence-electron chi connectivity index (χ0n) is 7.90. The summed E-state index contributed by atoms with van der Waals surface area (Å²) in [7, 11) is 0. The molecule has 2 nitrogen and oxygen atoms in total. The quantitative estimate of drug-likeness (QED) is 0.623. The van der Waals surface area contributed by atoms with Crippen LogP contribution in [0.2, 0.25) is 0 Å². The molecule has 0 fully saturated rings. The highest BCUT2D eigenvalue weighted by molar-refractivity contribution is 8.03. The molecule has 0 aliphatic carbocycles. The van der Waals surface area contributed by atoms with Crippen LogP contribution in [0.3, 0.4) is 0 Å². The second kappa shape index (κ2) is 3.28. The van der Waals surface area contributed by atoms with Crippen molar-refractivity contribution >= 4 is 23.8 Å². The van der Waals surface area contributed by atoms with E-state index in [0.29, 0.717) is 12.2 Å². The fraction of sp³-hybridized carbons (Fsp3) is 0.0833. The molecule has 0 unspecified atom stereocenters. The first kappa shape index (κ1) is 8.80. The van der Waals surface area contributed by atoms with Crippen molar-refractivity contribution in [3.05, 3.63) is 46.4 Å². The van der Waals surface area contributed by atoms with E-state index >= 15 is 0 Å². The van der Waals surface area contributed by atoms with E-state index in [9.17, 15) is 4.79 Å². The summed E-state index contributed by atoms with van der Waals surface area (Å²) in [5.41, 5.74) is 1.78. The van der Waals surface area contributed by atoms with E-state index in [-0.39, 0.29) is 5.97 Å². The zero-order chi connectivity index (χ0) is 10.3. The van der Waals surface area contributed by atoms with Gasteiger partial charge in [0, 0.05) is 9.80 Å². The summed E-state index contributed by atoms with van der Waals surface area (Å²) in [4.78, 5) is 13.7. The molecule has 2 aliphatic rings. The van der Waals surface area contributed by atoms with Gasteiger partial charge >= 0.3 is 5.97 Å². The summed E-state index contributed by atoms with van der Waals surface area (Å²) in [5, 5.41) is 0. The van der Waals surface area contributed by atoms with E-state index in [1.165, 1.54) is 4.90 Å². The number of carbonyl (C=O) groups excluding carboxylic acids is 1. The van der Waals surface area contributed by atoms with Gasteiger partial charge in [-0.3, -0.25) is 0 Å².